The van der Waals surface area contributed by atoms with E-state index >= 15 is 0 Å². The van der Waals surface area contributed by atoms with Crippen molar-refractivity contribution in [3.05, 3.63) is 82.4 Å². The van der Waals surface area contributed by atoms with Crippen molar-refractivity contribution in [2.75, 3.05) is 36.7 Å². The number of benzene rings is 2. The van der Waals surface area contributed by atoms with Crippen LogP contribution >= 0.6 is 0 Å². The summed E-state index contributed by atoms with van der Waals surface area (Å²) >= 11 is 0. The highest BCUT2D eigenvalue weighted by Gasteiger charge is 2.43. The number of cyclic esters (lactones) is 1. The number of nitro benzene ring substituents is 1. The van der Waals surface area contributed by atoms with E-state index in [9.17, 15) is 50.1 Å². The lowest BCUT2D eigenvalue weighted by atomic mass is 9.65. The second kappa shape index (κ2) is 24.4. The molecule has 0 aromatic heterocycles. The molecule has 3 aliphatic rings. The van der Waals surface area contributed by atoms with Crippen LogP contribution in [-0.2, 0) is 57.7 Å². The molecule has 0 unspecified atom stereocenters. The molecule has 0 saturated carbocycles. The number of nitrogens with zero attached hydrogens (tertiary/aromatic N) is 1. The van der Waals surface area contributed by atoms with Crippen LogP contribution in [-0.4, -0.2) is 97.5 Å². The molecule has 21 heteroatoms. The summed E-state index contributed by atoms with van der Waals surface area (Å²) in [6, 6.07) is 12.2. The van der Waals surface area contributed by atoms with Crippen LogP contribution in [0.3, 0.4) is 0 Å². The average molecular weight is 973 g/mol. The SMILES string of the molecule is CCC(C)(C)C(=O)O[C@H]1C[C@@H](C)C=C2C=C[C@H](C)[C@H](CC[C@@H]3C[C@@H](O)CC(=O)O3)[C@H]21.CS(=O)(=O)Nc1ccc([N+](=O)[O-])cc1Oc1ccccc1.CS(=O)(=O)OCCCCOS(C)(=O)=O. The summed E-state index contributed by atoms with van der Waals surface area (Å²) in [6.45, 7) is 10.4. The Hall–Kier alpha value is -4.41. The average Bonchev–Trinajstić information content (AvgIpc) is 3.18. The molecule has 0 amide bonds. The summed E-state index contributed by atoms with van der Waals surface area (Å²) in [5.74, 6) is 1.27. The van der Waals surface area contributed by atoms with Gasteiger partial charge in [0.1, 0.15) is 18.0 Å². The van der Waals surface area contributed by atoms with Crippen molar-refractivity contribution in [3.63, 3.8) is 0 Å². The zero-order valence-corrected chi connectivity index (χ0v) is 40.7. The zero-order chi connectivity index (χ0) is 48.8. The van der Waals surface area contributed by atoms with Crippen molar-refractivity contribution < 1.29 is 67.4 Å². The summed E-state index contributed by atoms with van der Waals surface area (Å²) < 4.78 is 92.8. The normalized spacial score (nSPS) is 23.2. The minimum absolute atomic E-state index is 0.0476. The van der Waals surface area contributed by atoms with Crippen LogP contribution in [0.1, 0.15) is 86.0 Å². The van der Waals surface area contributed by atoms with Crippen LogP contribution in [0.25, 0.3) is 0 Å². The van der Waals surface area contributed by atoms with Gasteiger partial charge in [0.25, 0.3) is 25.9 Å². The number of sulfonamides is 1. The summed E-state index contributed by atoms with van der Waals surface area (Å²) in [6.07, 6.45) is 13.4. The molecule has 364 valence electrons. The number of aliphatic hydroxyl groups excluding tert-OH is 1. The number of esters is 2. The standard InChI is InChI=1S/C25H38O5.C13H12N2O5S.C6H14O6S2/c1-6-25(4,5)24(28)30-21-12-15(2)11-17-8-7-16(3)20(23(17)21)10-9-19-13-18(26)14-22(27)29-19;1-21(18,19)14-12-8-7-10(15(16)17)9-13(12)20-11-5-3-2-4-6-11;1-13(7,8)11-5-3-4-6-12-14(2,9)10/h7-8,11,15-16,18-21,23,26H,6,9-10,12-14H2,1-5H3;2-9,14H,1H3;3-6H2,1-2H3/t15-,16-,18+,19+,20-,21-,23-;;/m0../s1. The number of anilines is 1. The fourth-order valence-corrected chi connectivity index (χ4v) is 8.72. The van der Waals surface area contributed by atoms with Crippen LogP contribution in [0.15, 0.2) is 72.3 Å². The molecule has 2 N–H and O–H groups in total. The van der Waals surface area contributed by atoms with E-state index in [0.29, 0.717) is 42.8 Å². The van der Waals surface area contributed by atoms with Crippen molar-refractivity contribution in [1.29, 1.82) is 0 Å². The van der Waals surface area contributed by atoms with Gasteiger partial charge in [0.05, 0.1) is 66.6 Å². The number of nitrogens with one attached hydrogen (secondary N) is 1. The molecule has 0 radical (unpaired) electrons. The van der Waals surface area contributed by atoms with Crippen LogP contribution in [0, 0.1) is 39.2 Å². The van der Waals surface area contributed by atoms with Gasteiger partial charge in [-0.3, -0.25) is 32.8 Å². The molecule has 65 heavy (non-hydrogen) atoms. The minimum Gasteiger partial charge on any atom is -0.462 e. The van der Waals surface area contributed by atoms with Crippen LogP contribution < -0.4 is 9.46 Å². The van der Waals surface area contributed by atoms with Crippen molar-refractivity contribution in [3.8, 4) is 11.5 Å². The Kier molecular flexibility index (Phi) is 20.6. The van der Waals surface area contributed by atoms with Crippen molar-refractivity contribution >= 4 is 53.6 Å². The van der Waals surface area contributed by atoms with Crippen LogP contribution in [0.4, 0.5) is 11.4 Å². The highest BCUT2D eigenvalue weighted by Crippen LogP contribution is 2.46. The third-order valence-corrected chi connectivity index (χ3v) is 12.7. The first kappa shape index (κ1) is 54.9. The number of non-ortho nitro benzene ring substituents is 1. The Bertz CT molecular complexity index is 2280. The van der Waals surface area contributed by atoms with E-state index in [4.69, 9.17) is 14.2 Å². The molecule has 0 bridgehead atoms. The van der Waals surface area contributed by atoms with Gasteiger partial charge in [-0.05, 0) is 93.9 Å². The molecule has 2 aromatic carbocycles. The lowest BCUT2D eigenvalue weighted by Gasteiger charge is -2.44. The number of unbranched alkanes of at least 4 members (excludes halogenated alkanes) is 1. The summed E-state index contributed by atoms with van der Waals surface area (Å²) in [5, 5.41) is 20.7. The second-order valence-electron chi connectivity index (χ2n) is 17.2. The third-order valence-electron chi connectivity index (χ3n) is 10.9. The van der Waals surface area contributed by atoms with E-state index in [0.717, 1.165) is 44.5 Å². The molecule has 1 aliphatic heterocycles. The number of fused-ring (bicyclic) bond motifs is 1. The Morgan fingerprint density at radius 1 is 0.938 bits per heavy atom. The number of allylic oxidation sites excluding steroid dienone is 3. The number of hydrogen-bond acceptors (Lipinski definition) is 16. The molecular weight excluding hydrogens is 909 g/mol. The van der Waals surface area contributed by atoms with Gasteiger partial charge in [0.15, 0.2) is 5.75 Å². The molecule has 2 aliphatic carbocycles. The van der Waals surface area contributed by atoms with Gasteiger partial charge in [-0.15, -0.1) is 0 Å². The van der Waals surface area contributed by atoms with E-state index in [1.54, 1.807) is 30.3 Å². The van der Waals surface area contributed by atoms with E-state index in [-0.39, 0.29) is 66.8 Å². The first-order valence-electron chi connectivity index (χ1n) is 21.3. The van der Waals surface area contributed by atoms with Crippen LogP contribution in [0.5, 0.6) is 11.5 Å². The number of nitro groups is 1. The number of ether oxygens (including phenoxy) is 3. The predicted octanol–water partition coefficient (Wildman–Crippen LogP) is 7.06. The van der Waals surface area contributed by atoms with Gasteiger partial charge in [-0.25, -0.2) is 8.42 Å². The van der Waals surface area contributed by atoms with Gasteiger partial charge >= 0.3 is 11.9 Å². The zero-order valence-electron chi connectivity index (χ0n) is 38.2. The molecule has 1 heterocycles. The molecule has 2 aromatic rings. The Morgan fingerprint density at radius 2 is 1.55 bits per heavy atom. The molecule has 7 atom stereocenters. The number of carbonyl (C=O) groups excluding carboxylic acids is 2. The van der Waals surface area contributed by atoms with Crippen molar-refractivity contribution in [2.45, 2.75) is 104 Å². The lowest BCUT2D eigenvalue weighted by molar-refractivity contribution is -0.384. The van der Waals surface area contributed by atoms with Gasteiger partial charge in [0.2, 0.25) is 10.0 Å². The molecular formula is C44H64N2O16S3. The van der Waals surface area contributed by atoms with E-state index in [1.807, 2.05) is 20.8 Å². The maximum atomic E-state index is 12.9. The summed E-state index contributed by atoms with van der Waals surface area (Å²) in [5.41, 5.74) is 0.722. The lowest BCUT2D eigenvalue weighted by Crippen LogP contribution is -2.43. The quantitative estimate of drug-likeness (QED) is 0.0498. The van der Waals surface area contributed by atoms with Crippen molar-refractivity contribution in [2.24, 2.45) is 29.1 Å². The maximum absolute atomic E-state index is 12.9. The number of carbonyl (C=O) groups is 2. The largest absolute Gasteiger partial charge is 0.462 e. The van der Waals surface area contributed by atoms with Gasteiger partial charge < -0.3 is 19.3 Å². The van der Waals surface area contributed by atoms with Gasteiger partial charge in [0, 0.05) is 18.4 Å². The fraction of sp³-hybridized carbons (Fsp3) is 0.591. The maximum Gasteiger partial charge on any atom is 0.311 e. The Balaban J connectivity index is 0.000000280. The second-order valence-corrected chi connectivity index (χ2v) is 22.3. The first-order chi connectivity index (χ1) is 30.2. The number of hydrogen-bond donors (Lipinski definition) is 2. The smallest absolute Gasteiger partial charge is 0.311 e. The fourth-order valence-electron chi connectivity index (χ4n) is 7.31. The minimum atomic E-state index is -3.52. The third kappa shape index (κ3) is 19.9. The molecule has 1 saturated heterocycles. The van der Waals surface area contributed by atoms with Gasteiger partial charge in [-0.2, -0.15) is 16.8 Å². The van der Waals surface area contributed by atoms with Crippen LogP contribution in [0.2, 0.25) is 0 Å². The predicted molar refractivity (Wildman–Crippen MR) is 244 cm³/mol. The molecule has 18 nitrogen and oxygen atoms in total. The highest BCUT2D eigenvalue weighted by molar-refractivity contribution is 7.92. The Morgan fingerprint density at radius 3 is 2.09 bits per heavy atom. The van der Waals surface area contributed by atoms with Gasteiger partial charge in [-0.1, -0.05) is 57.2 Å². The van der Waals surface area contributed by atoms with E-state index in [2.05, 4.69) is 45.2 Å². The Labute approximate surface area is 383 Å². The highest BCUT2D eigenvalue weighted by atomic mass is 32.2. The number of rotatable bonds is 18. The first-order valence-corrected chi connectivity index (χ1v) is 26.8. The van der Waals surface area contributed by atoms with Crippen molar-refractivity contribution in [1.82, 2.24) is 0 Å². The summed E-state index contributed by atoms with van der Waals surface area (Å²) in [7, 11) is -10.3. The number of aliphatic hydroxyl groups is 1. The molecule has 0 spiro atoms. The molecule has 5 rings (SSSR count). The monoisotopic (exact) mass is 972 g/mol. The topological polar surface area (TPSA) is 258 Å². The van der Waals surface area contributed by atoms with E-state index in [1.165, 1.54) is 23.8 Å². The number of para-hydroxylation sites is 1. The summed E-state index contributed by atoms with van der Waals surface area (Å²) in [4.78, 5) is 34.8. The van der Waals surface area contributed by atoms with E-state index < -0.39 is 46.7 Å². The molecule has 1 fully saturated rings.